The maximum absolute atomic E-state index is 13.1. The highest BCUT2D eigenvalue weighted by Gasteiger charge is 2.20. The summed E-state index contributed by atoms with van der Waals surface area (Å²) in [7, 11) is 0. The van der Waals surface area contributed by atoms with Gasteiger partial charge in [-0.15, -0.1) is 0 Å². The summed E-state index contributed by atoms with van der Waals surface area (Å²) in [5.41, 5.74) is 5.93. The topological polar surface area (TPSA) is 72.2 Å². The fraction of sp³-hybridized carbons (Fsp3) is 0.529. The molecule has 0 aliphatic carbocycles. The van der Waals surface area contributed by atoms with Crippen molar-refractivity contribution >= 4 is 11.7 Å². The van der Waals surface area contributed by atoms with Crippen molar-refractivity contribution in [3.05, 3.63) is 35.6 Å². The van der Waals surface area contributed by atoms with Gasteiger partial charge in [-0.2, -0.15) is 0 Å². The second kappa shape index (κ2) is 9.30. The Hall–Kier alpha value is -1.75. The molecule has 0 aliphatic rings. The summed E-state index contributed by atoms with van der Waals surface area (Å²) in [6, 6.07) is 5.48. The largest absolute Gasteiger partial charge is 0.352 e. The summed E-state index contributed by atoms with van der Waals surface area (Å²) in [5.74, 6) is -1.37. The summed E-state index contributed by atoms with van der Waals surface area (Å²) < 4.78 is 13.1. The van der Waals surface area contributed by atoms with E-state index in [9.17, 15) is 14.0 Å². The van der Waals surface area contributed by atoms with Crippen LogP contribution in [0.3, 0.4) is 0 Å². The van der Waals surface area contributed by atoms with Crippen LogP contribution in [0.2, 0.25) is 0 Å². The number of benzene rings is 1. The minimum absolute atomic E-state index is 0.0519. The number of carbonyl (C=O) groups excluding carboxylic acids is 2. The van der Waals surface area contributed by atoms with E-state index in [1.165, 1.54) is 18.2 Å². The molecule has 1 aromatic rings. The molecule has 0 fully saturated rings. The third kappa shape index (κ3) is 5.93. The lowest BCUT2D eigenvalue weighted by atomic mass is 9.96. The van der Waals surface area contributed by atoms with Crippen molar-refractivity contribution in [2.24, 2.45) is 11.7 Å². The normalized spacial score (nSPS) is 13.5. The standard InChI is InChI=1S/C17H25FN2O2/c1-3-4-8-15(11-19)20-16(21)9-12(2)17(22)13-6-5-7-14(18)10-13/h5-7,10,12,15H,3-4,8-9,11,19H2,1-2H3,(H,20,21). The Balaban J connectivity index is 2.54. The second-order valence-electron chi connectivity index (χ2n) is 5.62. The second-order valence-corrected chi connectivity index (χ2v) is 5.62. The number of nitrogens with one attached hydrogen (secondary N) is 1. The summed E-state index contributed by atoms with van der Waals surface area (Å²) in [6.45, 7) is 4.14. The molecule has 1 rings (SSSR count). The first-order valence-electron chi connectivity index (χ1n) is 7.77. The number of nitrogens with two attached hydrogens (primary N) is 1. The molecule has 5 heteroatoms. The molecule has 0 heterocycles. The number of halogens is 1. The van der Waals surface area contributed by atoms with Gasteiger partial charge in [0.05, 0.1) is 0 Å². The van der Waals surface area contributed by atoms with Crippen molar-refractivity contribution < 1.29 is 14.0 Å². The minimum Gasteiger partial charge on any atom is -0.352 e. The highest BCUT2D eigenvalue weighted by Crippen LogP contribution is 2.13. The summed E-state index contributed by atoms with van der Waals surface area (Å²) in [4.78, 5) is 24.2. The predicted molar refractivity (Wildman–Crippen MR) is 85.0 cm³/mol. The molecule has 2 unspecified atom stereocenters. The molecule has 0 bridgehead atoms. The van der Waals surface area contributed by atoms with Gasteiger partial charge in [0, 0.05) is 30.5 Å². The SMILES string of the molecule is CCCCC(CN)NC(=O)CC(C)C(=O)c1cccc(F)c1. The van der Waals surface area contributed by atoms with Gasteiger partial charge in [0.2, 0.25) is 5.91 Å². The summed E-state index contributed by atoms with van der Waals surface area (Å²) >= 11 is 0. The number of ketones is 1. The van der Waals surface area contributed by atoms with Crippen molar-refractivity contribution in [2.45, 2.75) is 45.6 Å². The average Bonchev–Trinajstić information content (AvgIpc) is 2.50. The van der Waals surface area contributed by atoms with Gasteiger partial charge in [0.15, 0.2) is 5.78 Å². The molecule has 0 saturated carbocycles. The Labute approximate surface area is 131 Å². The molecule has 2 atom stereocenters. The Morgan fingerprint density at radius 2 is 2.09 bits per heavy atom. The molecule has 0 aromatic heterocycles. The van der Waals surface area contributed by atoms with Crippen LogP contribution in [0.15, 0.2) is 24.3 Å². The lowest BCUT2D eigenvalue weighted by Crippen LogP contribution is -2.41. The molecule has 122 valence electrons. The number of Topliss-reactive ketones (excluding diaryl/α,β-unsaturated/α-hetero) is 1. The lowest BCUT2D eigenvalue weighted by molar-refractivity contribution is -0.122. The predicted octanol–water partition coefficient (Wildman–Crippen LogP) is 2.67. The molecule has 4 nitrogen and oxygen atoms in total. The van der Waals surface area contributed by atoms with E-state index in [0.717, 1.165) is 19.3 Å². The zero-order valence-corrected chi connectivity index (χ0v) is 13.3. The monoisotopic (exact) mass is 308 g/mol. The zero-order chi connectivity index (χ0) is 16.5. The summed E-state index contributed by atoms with van der Waals surface area (Å²) in [5, 5.41) is 2.86. The van der Waals surface area contributed by atoms with Gasteiger partial charge in [-0.05, 0) is 18.6 Å². The van der Waals surface area contributed by atoms with Gasteiger partial charge < -0.3 is 11.1 Å². The first-order valence-corrected chi connectivity index (χ1v) is 7.77. The van der Waals surface area contributed by atoms with Gasteiger partial charge in [0.25, 0.3) is 0 Å². The maximum Gasteiger partial charge on any atom is 0.220 e. The molecule has 0 spiro atoms. The lowest BCUT2D eigenvalue weighted by Gasteiger charge is -2.18. The molecule has 0 radical (unpaired) electrons. The van der Waals surface area contributed by atoms with Crippen LogP contribution in [0.4, 0.5) is 4.39 Å². The number of amides is 1. The third-order valence-corrected chi connectivity index (χ3v) is 3.60. The molecule has 3 N–H and O–H groups in total. The van der Waals surface area contributed by atoms with Crippen molar-refractivity contribution in [3.63, 3.8) is 0 Å². The maximum atomic E-state index is 13.1. The van der Waals surface area contributed by atoms with Gasteiger partial charge in [-0.25, -0.2) is 4.39 Å². The molecular formula is C17H25FN2O2. The van der Waals surface area contributed by atoms with Gasteiger partial charge in [0.1, 0.15) is 5.82 Å². The number of rotatable bonds is 9. The fourth-order valence-electron chi connectivity index (χ4n) is 2.28. The number of hydrogen-bond acceptors (Lipinski definition) is 3. The van der Waals surface area contributed by atoms with E-state index in [1.54, 1.807) is 13.0 Å². The van der Waals surface area contributed by atoms with Crippen LogP contribution in [-0.4, -0.2) is 24.3 Å². The first kappa shape index (κ1) is 18.3. The van der Waals surface area contributed by atoms with Crippen molar-refractivity contribution in [1.29, 1.82) is 0 Å². The number of hydrogen-bond donors (Lipinski definition) is 2. The molecular weight excluding hydrogens is 283 g/mol. The molecule has 22 heavy (non-hydrogen) atoms. The molecule has 1 aromatic carbocycles. The molecule has 0 aliphatic heterocycles. The van der Waals surface area contributed by atoms with Gasteiger partial charge >= 0.3 is 0 Å². The smallest absolute Gasteiger partial charge is 0.220 e. The van der Waals surface area contributed by atoms with Crippen LogP contribution in [0, 0.1) is 11.7 Å². The van der Waals surface area contributed by atoms with E-state index in [1.807, 2.05) is 0 Å². The Morgan fingerprint density at radius 1 is 1.36 bits per heavy atom. The van der Waals surface area contributed by atoms with Crippen LogP contribution >= 0.6 is 0 Å². The van der Waals surface area contributed by atoms with E-state index >= 15 is 0 Å². The van der Waals surface area contributed by atoms with Crippen molar-refractivity contribution in [2.75, 3.05) is 6.54 Å². The average molecular weight is 308 g/mol. The van der Waals surface area contributed by atoms with E-state index in [2.05, 4.69) is 12.2 Å². The van der Waals surface area contributed by atoms with Crippen molar-refractivity contribution in [3.8, 4) is 0 Å². The van der Waals surface area contributed by atoms with Crippen molar-refractivity contribution in [1.82, 2.24) is 5.32 Å². The number of unbranched alkanes of at least 4 members (excludes halogenated alkanes) is 1. The van der Waals surface area contributed by atoms with E-state index < -0.39 is 11.7 Å². The molecule has 1 amide bonds. The van der Waals surface area contributed by atoms with E-state index in [0.29, 0.717) is 12.1 Å². The van der Waals surface area contributed by atoms with Crippen LogP contribution in [0.1, 0.15) is 49.9 Å². The van der Waals surface area contributed by atoms with Crippen LogP contribution in [0.5, 0.6) is 0 Å². The fourth-order valence-corrected chi connectivity index (χ4v) is 2.28. The zero-order valence-electron chi connectivity index (χ0n) is 13.3. The van der Waals surface area contributed by atoms with Crippen LogP contribution < -0.4 is 11.1 Å². The minimum atomic E-state index is -0.494. The third-order valence-electron chi connectivity index (χ3n) is 3.60. The van der Waals surface area contributed by atoms with Gasteiger partial charge in [-0.1, -0.05) is 38.8 Å². The number of carbonyl (C=O) groups is 2. The summed E-state index contributed by atoms with van der Waals surface area (Å²) in [6.07, 6.45) is 2.96. The van der Waals surface area contributed by atoms with E-state index in [4.69, 9.17) is 5.73 Å². The van der Waals surface area contributed by atoms with Crippen LogP contribution in [-0.2, 0) is 4.79 Å². The first-order chi connectivity index (χ1) is 10.5. The van der Waals surface area contributed by atoms with Crippen LogP contribution in [0.25, 0.3) is 0 Å². The highest BCUT2D eigenvalue weighted by atomic mass is 19.1. The molecule has 0 saturated heterocycles. The van der Waals surface area contributed by atoms with E-state index in [-0.39, 0.29) is 24.2 Å². The Kier molecular flexibility index (Phi) is 7.74. The Morgan fingerprint density at radius 3 is 2.68 bits per heavy atom. The quantitative estimate of drug-likeness (QED) is 0.689. The highest BCUT2D eigenvalue weighted by molar-refractivity contribution is 5.99. The van der Waals surface area contributed by atoms with Gasteiger partial charge in [-0.3, -0.25) is 9.59 Å². The Bertz CT molecular complexity index is 505.